The summed E-state index contributed by atoms with van der Waals surface area (Å²) in [5.74, 6) is 0.696. The van der Waals surface area contributed by atoms with Gasteiger partial charge in [0.2, 0.25) is 0 Å². The molecule has 0 aliphatic carbocycles. The number of benzene rings is 1. The monoisotopic (exact) mass is 278 g/mol. The van der Waals surface area contributed by atoms with E-state index in [1.54, 1.807) is 12.1 Å². The highest BCUT2D eigenvalue weighted by Gasteiger charge is 2.21. The molecule has 2 rings (SSSR count). The Morgan fingerprint density at radius 2 is 2.15 bits per heavy atom. The molecule has 2 atom stereocenters. The van der Waals surface area contributed by atoms with E-state index in [2.05, 4.69) is 11.8 Å². The first-order valence-electron chi connectivity index (χ1n) is 7.89. The number of halogens is 1. The summed E-state index contributed by atoms with van der Waals surface area (Å²) in [6.07, 6.45) is 5.57. The van der Waals surface area contributed by atoms with Crippen LogP contribution in [0.1, 0.15) is 45.1 Å². The van der Waals surface area contributed by atoms with Crippen molar-refractivity contribution in [3.8, 4) is 0 Å². The first kappa shape index (κ1) is 15.3. The number of para-hydroxylation sites is 1. The smallest absolute Gasteiger partial charge is 0.146 e. The molecule has 1 saturated heterocycles. The average Bonchev–Trinajstić information content (AvgIpc) is 2.63. The maximum atomic E-state index is 14.3. The lowest BCUT2D eigenvalue weighted by Crippen LogP contribution is -2.28. The molecule has 1 aromatic rings. The van der Waals surface area contributed by atoms with Crippen LogP contribution in [-0.2, 0) is 6.42 Å². The van der Waals surface area contributed by atoms with Gasteiger partial charge < -0.3 is 10.6 Å². The Hall–Kier alpha value is -1.09. The van der Waals surface area contributed by atoms with Gasteiger partial charge in [0.05, 0.1) is 5.69 Å². The molecular formula is C17H27FN2. The minimum absolute atomic E-state index is 0.0610. The molecule has 1 aliphatic heterocycles. The minimum Gasteiger partial charge on any atom is -0.369 e. The molecule has 2 nitrogen and oxygen atoms in total. The van der Waals surface area contributed by atoms with Crippen molar-refractivity contribution in [1.29, 1.82) is 0 Å². The molecule has 2 unspecified atom stereocenters. The zero-order valence-corrected chi connectivity index (χ0v) is 12.7. The van der Waals surface area contributed by atoms with Gasteiger partial charge in [-0.2, -0.15) is 0 Å². The van der Waals surface area contributed by atoms with Crippen molar-refractivity contribution in [3.63, 3.8) is 0 Å². The van der Waals surface area contributed by atoms with Gasteiger partial charge in [-0.1, -0.05) is 25.5 Å². The Morgan fingerprint density at radius 1 is 1.35 bits per heavy atom. The number of anilines is 1. The predicted octanol–water partition coefficient (Wildman–Crippen LogP) is 3.73. The zero-order valence-electron chi connectivity index (χ0n) is 12.7. The van der Waals surface area contributed by atoms with Crippen molar-refractivity contribution >= 4 is 5.69 Å². The van der Waals surface area contributed by atoms with Crippen molar-refractivity contribution < 1.29 is 4.39 Å². The highest BCUT2D eigenvalue weighted by molar-refractivity contribution is 5.55. The second-order valence-electron chi connectivity index (χ2n) is 6.12. The van der Waals surface area contributed by atoms with Gasteiger partial charge in [-0.25, -0.2) is 4.39 Å². The third-order valence-electron chi connectivity index (χ3n) is 4.35. The Morgan fingerprint density at radius 3 is 2.85 bits per heavy atom. The predicted molar refractivity (Wildman–Crippen MR) is 83.6 cm³/mol. The fourth-order valence-corrected chi connectivity index (χ4v) is 3.22. The van der Waals surface area contributed by atoms with Crippen molar-refractivity contribution in [2.45, 2.75) is 52.0 Å². The van der Waals surface area contributed by atoms with Gasteiger partial charge in [0.1, 0.15) is 5.82 Å². The summed E-state index contributed by atoms with van der Waals surface area (Å²) in [7, 11) is 0. The van der Waals surface area contributed by atoms with Gasteiger partial charge in [0.15, 0.2) is 0 Å². The van der Waals surface area contributed by atoms with Crippen LogP contribution in [0.2, 0.25) is 0 Å². The molecule has 1 aliphatic rings. The number of nitrogens with two attached hydrogens (primary N) is 1. The molecule has 1 fully saturated rings. The second-order valence-corrected chi connectivity index (χ2v) is 6.12. The summed E-state index contributed by atoms with van der Waals surface area (Å²) in [6, 6.07) is 5.45. The quantitative estimate of drug-likeness (QED) is 0.909. The van der Waals surface area contributed by atoms with Gasteiger partial charge in [-0.3, -0.25) is 0 Å². The maximum Gasteiger partial charge on any atom is 0.146 e. The molecule has 112 valence electrons. The number of nitrogens with zero attached hydrogens (tertiary/aromatic N) is 1. The van der Waals surface area contributed by atoms with Crippen molar-refractivity contribution in [1.82, 2.24) is 0 Å². The van der Waals surface area contributed by atoms with Gasteiger partial charge in [0.25, 0.3) is 0 Å². The van der Waals surface area contributed by atoms with Crippen LogP contribution in [0.4, 0.5) is 10.1 Å². The van der Waals surface area contributed by atoms with E-state index >= 15 is 0 Å². The second kappa shape index (κ2) is 7.07. The van der Waals surface area contributed by atoms with Crippen LogP contribution in [0.3, 0.4) is 0 Å². The van der Waals surface area contributed by atoms with Crippen LogP contribution in [0.15, 0.2) is 18.2 Å². The molecule has 20 heavy (non-hydrogen) atoms. The largest absolute Gasteiger partial charge is 0.369 e. The molecule has 0 bridgehead atoms. The molecule has 0 amide bonds. The van der Waals surface area contributed by atoms with Crippen LogP contribution in [0.25, 0.3) is 0 Å². The van der Waals surface area contributed by atoms with E-state index in [9.17, 15) is 4.39 Å². The Balaban J connectivity index is 2.22. The molecule has 0 aromatic heterocycles. The van der Waals surface area contributed by atoms with Crippen molar-refractivity contribution in [3.05, 3.63) is 29.6 Å². The Kier molecular flexibility index (Phi) is 5.41. The molecule has 0 radical (unpaired) electrons. The third-order valence-corrected chi connectivity index (χ3v) is 4.35. The van der Waals surface area contributed by atoms with E-state index < -0.39 is 0 Å². The summed E-state index contributed by atoms with van der Waals surface area (Å²) in [5.41, 5.74) is 7.75. The van der Waals surface area contributed by atoms with E-state index in [0.29, 0.717) is 0 Å². The Bertz CT molecular complexity index is 431. The fourth-order valence-electron chi connectivity index (χ4n) is 3.22. The summed E-state index contributed by atoms with van der Waals surface area (Å²) < 4.78 is 14.3. The number of rotatable bonds is 4. The lowest BCUT2D eigenvalue weighted by molar-refractivity contribution is 0.459. The molecule has 1 heterocycles. The fraction of sp³-hybridized carbons (Fsp3) is 0.647. The molecule has 3 heteroatoms. The number of hydrogen-bond acceptors (Lipinski definition) is 2. The third kappa shape index (κ3) is 3.72. The van der Waals surface area contributed by atoms with Crippen LogP contribution in [0.5, 0.6) is 0 Å². The Labute approximate surface area is 122 Å². The van der Waals surface area contributed by atoms with E-state index in [0.717, 1.165) is 43.1 Å². The number of hydrogen-bond donors (Lipinski definition) is 1. The minimum atomic E-state index is -0.0990. The summed E-state index contributed by atoms with van der Waals surface area (Å²) in [5, 5.41) is 0. The highest BCUT2D eigenvalue weighted by atomic mass is 19.1. The summed E-state index contributed by atoms with van der Waals surface area (Å²) in [4.78, 5) is 2.24. The molecule has 0 spiro atoms. The molecule has 0 saturated carbocycles. The molecule has 2 N–H and O–H groups in total. The first-order valence-corrected chi connectivity index (χ1v) is 7.89. The van der Waals surface area contributed by atoms with Gasteiger partial charge in [0, 0.05) is 19.1 Å². The lowest BCUT2D eigenvalue weighted by atomic mass is 9.98. The standard InChI is InChI=1S/C17H27FN2/c1-3-14-6-5-10-20(11-9-14)17-15(12-13(2)19)7-4-8-16(17)18/h4,7-8,13-14H,3,5-6,9-12,19H2,1-2H3. The summed E-state index contributed by atoms with van der Waals surface area (Å²) >= 11 is 0. The molecular weight excluding hydrogens is 251 g/mol. The van der Waals surface area contributed by atoms with Gasteiger partial charge in [-0.15, -0.1) is 0 Å². The maximum absolute atomic E-state index is 14.3. The topological polar surface area (TPSA) is 29.3 Å². The molecule has 1 aromatic carbocycles. The van der Waals surface area contributed by atoms with Gasteiger partial charge in [-0.05, 0) is 50.2 Å². The lowest BCUT2D eigenvalue weighted by Gasteiger charge is -2.26. The average molecular weight is 278 g/mol. The normalized spacial score (nSPS) is 21.6. The van der Waals surface area contributed by atoms with Crippen LogP contribution in [-0.4, -0.2) is 19.1 Å². The van der Waals surface area contributed by atoms with E-state index in [4.69, 9.17) is 5.73 Å². The summed E-state index contributed by atoms with van der Waals surface area (Å²) in [6.45, 7) is 6.16. The van der Waals surface area contributed by atoms with Crippen molar-refractivity contribution in [2.24, 2.45) is 11.7 Å². The van der Waals surface area contributed by atoms with Crippen LogP contribution in [0, 0.1) is 11.7 Å². The first-order chi connectivity index (χ1) is 9.61. The zero-order chi connectivity index (χ0) is 14.5. The van der Waals surface area contributed by atoms with E-state index in [1.807, 2.05) is 13.0 Å². The van der Waals surface area contributed by atoms with Crippen LogP contribution >= 0.6 is 0 Å². The highest BCUT2D eigenvalue weighted by Crippen LogP contribution is 2.29. The van der Waals surface area contributed by atoms with Crippen molar-refractivity contribution in [2.75, 3.05) is 18.0 Å². The van der Waals surface area contributed by atoms with Crippen LogP contribution < -0.4 is 10.6 Å². The van der Waals surface area contributed by atoms with E-state index in [-0.39, 0.29) is 11.9 Å². The van der Waals surface area contributed by atoms with E-state index in [1.165, 1.54) is 19.3 Å². The van der Waals surface area contributed by atoms with Gasteiger partial charge >= 0.3 is 0 Å². The SMILES string of the molecule is CCC1CCCN(c2c(F)cccc2CC(C)N)CC1.